The molecule has 1 aliphatic rings. The Morgan fingerprint density at radius 3 is 2.36 bits per heavy atom. The van der Waals surface area contributed by atoms with Gasteiger partial charge in [0.2, 0.25) is 0 Å². The van der Waals surface area contributed by atoms with Gasteiger partial charge in [-0.25, -0.2) is 8.42 Å². The fourth-order valence-electron chi connectivity index (χ4n) is 3.49. The summed E-state index contributed by atoms with van der Waals surface area (Å²) in [4.78, 5) is 14.8. The highest BCUT2D eigenvalue weighted by Crippen LogP contribution is 2.33. The normalized spacial score (nSPS) is 20.6. The zero-order valence-electron chi connectivity index (χ0n) is 14.1. The van der Waals surface area contributed by atoms with Gasteiger partial charge >= 0.3 is 0 Å². The van der Waals surface area contributed by atoms with Crippen molar-refractivity contribution in [1.82, 2.24) is 4.90 Å². The molecule has 1 fully saturated rings. The van der Waals surface area contributed by atoms with Gasteiger partial charge in [-0.1, -0.05) is 42.5 Å². The number of amides is 1. The Morgan fingerprint density at radius 1 is 1.08 bits per heavy atom. The fourth-order valence-corrected chi connectivity index (χ4v) is 4.37. The number of benzene rings is 2. The Kier molecular flexibility index (Phi) is 4.92. The molecule has 1 heterocycles. The van der Waals surface area contributed by atoms with E-state index in [1.54, 1.807) is 23.1 Å². The van der Waals surface area contributed by atoms with Crippen LogP contribution in [-0.2, 0) is 9.84 Å². The molecule has 0 radical (unpaired) electrons. The maximum absolute atomic E-state index is 13.0. The van der Waals surface area contributed by atoms with Crippen LogP contribution in [0.1, 0.15) is 21.8 Å². The summed E-state index contributed by atoms with van der Waals surface area (Å²) in [6, 6.07) is 16.4. The Morgan fingerprint density at radius 2 is 1.72 bits per heavy atom. The van der Waals surface area contributed by atoms with Crippen LogP contribution < -0.4 is 5.73 Å². The second-order valence-corrected chi connectivity index (χ2v) is 8.48. The van der Waals surface area contributed by atoms with Crippen molar-refractivity contribution in [2.24, 2.45) is 11.7 Å². The monoisotopic (exact) mass is 358 g/mol. The zero-order chi connectivity index (χ0) is 18.0. The largest absolute Gasteiger partial charge is 0.338 e. The quantitative estimate of drug-likeness (QED) is 0.905. The molecule has 2 aromatic carbocycles. The van der Waals surface area contributed by atoms with Gasteiger partial charge in [0.1, 0.15) is 0 Å². The first-order chi connectivity index (χ1) is 11.9. The summed E-state index contributed by atoms with van der Waals surface area (Å²) in [6.07, 6.45) is 1.12. The van der Waals surface area contributed by atoms with Crippen molar-refractivity contribution in [3.8, 4) is 0 Å². The lowest BCUT2D eigenvalue weighted by Crippen LogP contribution is -2.30. The minimum atomic E-state index is -3.47. The number of nitrogens with zero attached hydrogens (tertiary/aromatic N) is 1. The van der Waals surface area contributed by atoms with Crippen molar-refractivity contribution in [3.05, 3.63) is 65.7 Å². The summed E-state index contributed by atoms with van der Waals surface area (Å²) < 4.78 is 24.0. The minimum absolute atomic E-state index is 0.0764. The van der Waals surface area contributed by atoms with E-state index in [2.05, 4.69) is 0 Å². The van der Waals surface area contributed by atoms with Gasteiger partial charge in [0.05, 0.1) is 10.5 Å². The van der Waals surface area contributed by atoms with Crippen LogP contribution in [0.5, 0.6) is 0 Å². The van der Waals surface area contributed by atoms with Crippen LogP contribution in [-0.4, -0.2) is 45.1 Å². The summed E-state index contributed by atoms with van der Waals surface area (Å²) >= 11 is 0. The van der Waals surface area contributed by atoms with Gasteiger partial charge in [-0.15, -0.1) is 0 Å². The molecular formula is C19H22N2O3S. The third-order valence-electron chi connectivity index (χ3n) is 4.78. The number of hydrogen-bond donors (Lipinski definition) is 1. The van der Waals surface area contributed by atoms with Gasteiger partial charge in [0.25, 0.3) is 5.91 Å². The number of nitrogens with two attached hydrogens (primary N) is 1. The van der Waals surface area contributed by atoms with E-state index in [9.17, 15) is 13.2 Å². The first-order valence-electron chi connectivity index (χ1n) is 8.25. The molecule has 2 atom stereocenters. The summed E-state index contributed by atoms with van der Waals surface area (Å²) in [5.74, 6) is 0.0789. The molecule has 0 bridgehead atoms. The van der Waals surface area contributed by atoms with Crippen LogP contribution in [0.2, 0.25) is 0 Å². The van der Waals surface area contributed by atoms with Crippen LogP contribution in [0.15, 0.2) is 59.5 Å². The molecule has 0 aliphatic carbocycles. The van der Waals surface area contributed by atoms with Gasteiger partial charge in [0, 0.05) is 25.3 Å². The summed E-state index contributed by atoms with van der Waals surface area (Å²) in [5.41, 5.74) is 7.32. The summed E-state index contributed by atoms with van der Waals surface area (Å²) in [7, 11) is -3.47. The second-order valence-electron chi connectivity index (χ2n) is 6.49. The minimum Gasteiger partial charge on any atom is -0.338 e. The number of carbonyl (C=O) groups excluding carboxylic acids is 1. The highest BCUT2D eigenvalue weighted by molar-refractivity contribution is 7.90. The molecule has 1 aliphatic heterocycles. The Bertz CT molecular complexity index is 865. The van der Waals surface area contributed by atoms with Crippen molar-refractivity contribution in [1.29, 1.82) is 0 Å². The molecule has 132 valence electrons. The van der Waals surface area contributed by atoms with Crippen molar-refractivity contribution in [2.75, 3.05) is 25.9 Å². The maximum Gasteiger partial charge on any atom is 0.255 e. The molecule has 2 aromatic rings. The van der Waals surface area contributed by atoms with E-state index in [4.69, 9.17) is 5.73 Å². The van der Waals surface area contributed by atoms with Crippen LogP contribution in [0, 0.1) is 5.92 Å². The lowest BCUT2D eigenvalue weighted by molar-refractivity contribution is 0.0782. The van der Waals surface area contributed by atoms with Gasteiger partial charge in [-0.2, -0.15) is 0 Å². The van der Waals surface area contributed by atoms with E-state index in [-0.39, 0.29) is 28.2 Å². The van der Waals surface area contributed by atoms with E-state index in [0.29, 0.717) is 19.6 Å². The number of rotatable bonds is 4. The van der Waals surface area contributed by atoms with Gasteiger partial charge < -0.3 is 10.6 Å². The van der Waals surface area contributed by atoms with Crippen molar-refractivity contribution >= 4 is 15.7 Å². The lowest BCUT2D eigenvalue weighted by atomic mass is 9.89. The Hall–Kier alpha value is -2.18. The van der Waals surface area contributed by atoms with Crippen molar-refractivity contribution < 1.29 is 13.2 Å². The molecule has 0 unspecified atom stereocenters. The molecular weight excluding hydrogens is 336 g/mol. The van der Waals surface area contributed by atoms with Crippen LogP contribution in [0.4, 0.5) is 0 Å². The molecule has 1 saturated heterocycles. The molecule has 0 spiro atoms. The first-order valence-corrected chi connectivity index (χ1v) is 10.1. The fraction of sp³-hybridized carbons (Fsp3) is 0.316. The van der Waals surface area contributed by atoms with Crippen LogP contribution >= 0.6 is 0 Å². The van der Waals surface area contributed by atoms with Crippen molar-refractivity contribution in [3.63, 3.8) is 0 Å². The first kappa shape index (κ1) is 17.6. The topological polar surface area (TPSA) is 80.5 Å². The highest BCUT2D eigenvalue weighted by atomic mass is 32.2. The van der Waals surface area contributed by atoms with E-state index in [1.165, 1.54) is 6.07 Å². The number of hydrogen-bond acceptors (Lipinski definition) is 4. The van der Waals surface area contributed by atoms with Crippen molar-refractivity contribution in [2.45, 2.75) is 10.8 Å². The Balaban J connectivity index is 1.90. The smallest absolute Gasteiger partial charge is 0.255 e. The van der Waals surface area contributed by atoms with Crippen LogP contribution in [0.3, 0.4) is 0 Å². The van der Waals surface area contributed by atoms with E-state index in [0.717, 1.165) is 11.8 Å². The van der Waals surface area contributed by atoms with Gasteiger partial charge in [0.15, 0.2) is 9.84 Å². The highest BCUT2D eigenvalue weighted by Gasteiger charge is 2.36. The van der Waals surface area contributed by atoms with E-state index >= 15 is 0 Å². The average Bonchev–Trinajstić information content (AvgIpc) is 3.05. The molecule has 1 amide bonds. The molecule has 5 nitrogen and oxygen atoms in total. The summed E-state index contributed by atoms with van der Waals surface area (Å²) in [5, 5.41) is 0. The number of sulfone groups is 1. The van der Waals surface area contributed by atoms with E-state index in [1.807, 2.05) is 30.3 Å². The third kappa shape index (κ3) is 3.60. The maximum atomic E-state index is 13.0. The number of likely N-dealkylation sites (tertiary alicyclic amines) is 1. The molecule has 25 heavy (non-hydrogen) atoms. The average molecular weight is 358 g/mol. The van der Waals surface area contributed by atoms with Gasteiger partial charge in [-0.3, -0.25) is 4.79 Å². The molecule has 3 rings (SSSR count). The zero-order valence-corrected chi connectivity index (χ0v) is 14.9. The molecule has 2 N–H and O–H groups in total. The predicted molar refractivity (Wildman–Crippen MR) is 97.2 cm³/mol. The molecule has 0 aromatic heterocycles. The lowest BCUT2D eigenvalue weighted by Gasteiger charge is -2.18. The molecule has 0 saturated carbocycles. The predicted octanol–water partition coefficient (Wildman–Crippen LogP) is 1.90. The van der Waals surface area contributed by atoms with E-state index < -0.39 is 9.84 Å². The van der Waals surface area contributed by atoms with Crippen LogP contribution in [0.25, 0.3) is 0 Å². The third-order valence-corrected chi connectivity index (χ3v) is 5.93. The number of carbonyl (C=O) groups is 1. The SMILES string of the molecule is CS(=O)(=O)c1ccccc1C(=O)N1C[C@@H](CN)[C@H](c2ccccc2)C1. The Labute approximate surface area is 148 Å². The van der Waals surface area contributed by atoms with Gasteiger partial charge in [-0.05, 0) is 30.2 Å². The standard InChI is InChI=1S/C19H22N2O3S/c1-25(23,24)18-10-6-5-9-16(18)19(22)21-12-15(11-20)17(13-21)14-7-3-2-4-8-14/h2-10,15,17H,11-13,20H2,1H3/t15-,17+/m1/s1. The summed E-state index contributed by atoms with van der Waals surface area (Å²) in [6.45, 7) is 1.56. The second kappa shape index (κ2) is 6.98. The molecule has 6 heteroatoms.